The molecule has 0 aliphatic carbocycles. The maximum absolute atomic E-state index is 13.1. The summed E-state index contributed by atoms with van der Waals surface area (Å²) in [5, 5.41) is -0.0746. The van der Waals surface area contributed by atoms with Crippen LogP contribution in [0.4, 0.5) is 13.2 Å². The fourth-order valence-electron chi connectivity index (χ4n) is 3.59. The quantitative estimate of drug-likeness (QED) is 0.689. The van der Waals surface area contributed by atoms with Crippen LogP contribution in [0.2, 0.25) is 5.02 Å². The molecule has 1 fully saturated rings. The molecule has 0 saturated carbocycles. The number of nitrogens with zero attached hydrogens (tertiary/aromatic N) is 3. The normalized spacial score (nSPS) is 18.3. The van der Waals surface area contributed by atoms with E-state index in [0.717, 1.165) is 36.7 Å². The molecule has 1 aliphatic heterocycles. The molecule has 1 saturated heterocycles. The Morgan fingerprint density at radius 1 is 1.27 bits per heavy atom. The minimum Gasteiger partial charge on any atom is -0.376 e. The summed E-state index contributed by atoms with van der Waals surface area (Å²) in [5.74, 6) is -0.821. The third kappa shape index (κ3) is 4.81. The molecule has 1 aromatic carbocycles. The van der Waals surface area contributed by atoms with Gasteiger partial charge in [-0.05, 0) is 31.0 Å². The minimum absolute atomic E-state index is 0.00221. The predicted molar refractivity (Wildman–Crippen MR) is 107 cm³/mol. The first-order valence-corrected chi connectivity index (χ1v) is 10.1. The maximum atomic E-state index is 13.1. The number of benzene rings is 1. The molecule has 2 heterocycles. The molecule has 5 nitrogen and oxygen atoms in total. The molecule has 0 radical (unpaired) electrons. The van der Waals surface area contributed by atoms with Gasteiger partial charge in [-0.1, -0.05) is 32.4 Å². The summed E-state index contributed by atoms with van der Waals surface area (Å²) in [7, 11) is 1.87. The van der Waals surface area contributed by atoms with E-state index in [9.17, 15) is 18.0 Å². The van der Waals surface area contributed by atoms with Crippen molar-refractivity contribution in [2.45, 2.75) is 57.9 Å². The summed E-state index contributed by atoms with van der Waals surface area (Å²) < 4.78 is 48.7. The second kappa shape index (κ2) is 8.23. The molecule has 3 rings (SSSR count). The van der Waals surface area contributed by atoms with Crippen LogP contribution in [0.1, 0.15) is 55.2 Å². The number of aromatic nitrogens is 2. The van der Waals surface area contributed by atoms with Crippen LogP contribution in [0, 0.1) is 0 Å². The molecule has 0 spiro atoms. The Morgan fingerprint density at radius 2 is 1.97 bits per heavy atom. The van der Waals surface area contributed by atoms with E-state index in [1.165, 1.54) is 0 Å². The van der Waals surface area contributed by atoms with E-state index in [1.54, 1.807) is 6.07 Å². The van der Waals surface area contributed by atoms with Crippen LogP contribution in [0.15, 0.2) is 29.3 Å². The Morgan fingerprint density at radius 3 is 2.53 bits per heavy atom. The summed E-state index contributed by atoms with van der Waals surface area (Å²) >= 11 is 6.01. The monoisotopic (exact) mass is 443 g/mol. The second-order valence-corrected chi connectivity index (χ2v) is 8.90. The van der Waals surface area contributed by atoms with Crippen LogP contribution < -0.4 is 5.49 Å². The number of hydrogen-bond acceptors (Lipinski definition) is 2. The number of hydrogen-bond donors (Lipinski definition) is 0. The summed E-state index contributed by atoms with van der Waals surface area (Å²) in [6.45, 7) is 7.29. The van der Waals surface area contributed by atoms with Gasteiger partial charge in [-0.15, -0.1) is 0 Å². The first-order chi connectivity index (χ1) is 13.9. The number of alkyl halides is 3. The van der Waals surface area contributed by atoms with E-state index in [-0.39, 0.29) is 22.1 Å². The van der Waals surface area contributed by atoms with Crippen LogP contribution in [0.25, 0.3) is 0 Å². The molecule has 0 N–H and O–H groups in total. The van der Waals surface area contributed by atoms with Crippen molar-refractivity contribution in [1.29, 1.82) is 0 Å². The average molecular weight is 444 g/mol. The van der Waals surface area contributed by atoms with Gasteiger partial charge in [-0.25, -0.2) is 0 Å². The van der Waals surface area contributed by atoms with Crippen molar-refractivity contribution in [3.8, 4) is 0 Å². The van der Waals surface area contributed by atoms with E-state index in [0.29, 0.717) is 18.6 Å². The molecule has 9 heteroatoms. The number of ether oxygens (including phenoxy) is 1. The average Bonchev–Trinajstić information content (AvgIpc) is 3.24. The summed E-state index contributed by atoms with van der Waals surface area (Å²) in [4.78, 5) is 16.9. The van der Waals surface area contributed by atoms with E-state index < -0.39 is 17.6 Å². The van der Waals surface area contributed by atoms with Crippen molar-refractivity contribution in [2.24, 2.45) is 12.0 Å². The Hall–Kier alpha value is -2.06. The molecule has 1 aromatic heterocycles. The molecule has 0 bridgehead atoms. The lowest BCUT2D eigenvalue weighted by Gasteiger charge is -2.21. The van der Waals surface area contributed by atoms with Crippen LogP contribution in [-0.4, -0.2) is 28.0 Å². The van der Waals surface area contributed by atoms with Crippen LogP contribution >= 0.6 is 11.6 Å². The smallest absolute Gasteiger partial charge is 0.376 e. The number of carbonyl (C=O) groups is 1. The summed E-state index contributed by atoms with van der Waals surface area (Å²) in [6, 6.07) is 4.44. The van der Waals surface area contributed by atoms with Crippen molar-refractivity contribution in [3.05, 3.63) is 51.6 Å². The van der Waals surface area contributed by atoms with Crippen molar-refractivity contribution in [2.75, 3.05) is 6.61 Å². The topological polar surface area (TPSA) is 48.5 Å². The van der Waals surface area contributed by atoms with Crippen LogP contribution in [-0.2, 0) is 29.9 Å². The lowest BCUT2D eigenvalue weighted by atomic mass is 9.92. The highest BCUT2D eigenvalue weighted by Crippen LogP contribution is 2.32. The number of rotatable bonds is 3. The molecule has 30 heavy (non-hydrogen) atoms. The largest absolute Gasteiger partial charge is 0.416 e. The lowest BCUT2D eigenvalue weighted by molar-refractivity contribution is -0.137. The van der Waals surface area contributed by atoms with Gasteiger partial charge in [0, 0.05) is 30.8 Å². The van der Waals surface area contributed by atoms with Crippen LogP contribution in [0.3, 0.4) is 0 Å². The van der Waals surface area contributed by atoms with Crippen molar-refractivity contribution in [3.63, 3.8) is 0 Å². The highest BCUT2D eigenvalue weighted by atomic mass is 35.5. The Kier molecular flexibility index (Phi) is 6.20. The second-order valence-electron chi connectivity index (χ2n) is 8.49. The van der Waals surface area contributed by atoms with Crippen LogP contribution in [0.5, 0.6) is 0 Å². The predicted octanol–water partition coefficient (Wildman–Crippen LogP) is 4.72. The van der Waals surface area contributed by atoms with E-state index in [2.05, 4.69) is 4.99 Å². The zero-order valence-electron chi connectivity index (χ0n) is 17.4. The van der Waals surface area contributed by atoms with Crippen molar-refractivity contribution >= 4 is 17.5 Å². The van der Waals surface area contributed by atoms with Gasteiger partial charge in [0.25, 0.3) is 5.91 Å². The molecule has 1 amide bonds. The first kappa shape index (κ1) is 22.6. The molecule has 1 aliphatic rings. The minimum atomic E-state index is -4.58. The molecule has 0 unspecified atom stereocenters. The van der Waals surface area contributed by atoms with Gasteiger partial charge in [-0.3, -0.25) is 14.2 Å². The molecule has 2 aromatic rings. The Balaban J connectivity index is 2.08. The molecule has 164 valence electrons. The number of amides is 1. The standard InChI is InChI=1S/C21H25ClF3N3O2/c1-20(2,3)17-11-18(28(27(17)4)12-14-6-5-9-30-14)26-19(29)15-10-13(21(23,24)25)7-8-16(15)22/h7-8,10-11,14H,5-6,9,12H2,1-4H3/t14-/m1/s1. The summed E-state index contributed by atoms with van der Waals surface area (Å²) in [5.41, 5.74) is -0.159. The highest BCUT2D eigenvalue weighted by molar-refractivity contribution is 6.33. The lowest BCUT2D eigenvalue weighted by Crippen LogP contribution is -2.30. The van der Waals surface area contributed by atoms with E-state index in [1.807, 2.05) is 37.2 Å². The van der Waals surface area contributed by atoms with E-state index in [4.69, 9.17) is 16.3 Å². The first-order valence-electron chi connectivity index (χ1n) is 9.72. The Bertz CT molecular complexity index is 1010. The van der Waals surface area contributed by atoms with Gasteiger partial charge in [0.05, 0.1) is 28.8 Å². The number of carbonyl (C=O) groups excluding carboxylic acids is 1. The van der Waals surface area contributed by atoms with Gasteiger partial charge in [-0.2, -0.15) is 18.2 Å². The van der Waals surface area contributed by atoms with Gasteiger partial charge in [0.15, 0.2) is 5.49 Å². The zero-order chi connectivity index (χ0) is 22.3. The fourth-order valence-corrected chi connectivity index (χ4v) is 3.79. The van der Waals surface area contributed by atoms with Gasteiger partial charge < -0.3 is 4.74 Å². The van der Waals surface area contributed by atoms with Gasteiger partial charge >= 0.3 is 6.18 Å². The molecular weight excluding hydrogens is 419 g/mol. The van der Waals surface area contributed by atoms with Gasteiger partial charge in [0.2, 0.25) is 0 Å². The SMILES string of the molecule is Cn1c(C(C)(C)C)cc(=NC(=O)c2cc(C(F)(F)F)ccc2Cl)n1C[C@H]1CCCO1. The summed E-state index contributed by atoms with van der Waals surface area (Å²) in [6.07, 6.45) is -2.72. The third-order valence-corrected chi connectivity index (χ3v) is 5.48. The Labute approximate surface area is 178 Å². The van der Waals surface area contributed by atoms with Gasteiger partial charge in [0.1, 0.15) is 0 Å². The zero-order valence-corrected chi connectivity index (χ0v) is 18.1. The maximum Gasteiger partial charge on any atom is 0.416 e. The number of halogens is 4. The van der Waals surface area contributed by atoms with Crippen molar-refractivity contribution < 1.29 is 22.7 Å². The molecular formula is C21H25ClF3N3O2. The van der Waals surface area contributed by atoms with Crippen molar-refractivity contribution in [1.82, 2.24) is 9.36 Å². The van der Waals surface area contributed by atoms with E-state index >= 15 is 0 Å². The third-order valence-electron chi connectivity index (χ3n) is 5.15. The fraction of sp³-hybridized carbons (Fsp3) is 0.524. The highest BCUT2D eigenvalue weighted by Gasteiger charge is 2.32. The molecule has 1 atom stereocenters.